The van der Waals surface area contributed by atoms with Gasteiger partial charge in [0.15, 0.2) is 5.78 Å². The van der Waals surface area contributed by atoms with Crippen LogP contribution in [0.15, 0.2) is 18.2 Å². The van der Waals surface area contributed by atoms with Gasteiger partial charge in [-0.05, 0) is 25.5 Å². The van der Waals surface area contributed by atoms with E-state index >= 15 is 0 Å². The number of aryl methyl sites for hydroxylation is 2. The summed E-state index contributed by atoms with van der Waals surface area (Å²) in [5, 5.41) is 17.0. The summed E-state index contributed by atoms with van der Waals surface area (Å²) in [4.78, 5) is 40.9. The Morgan fingerprint density at radius 1 is 1.10 bits per heavy atom. The number of hydrogen-bond acceptors (Lipinski definition) is 6. The van der Waals surface area contributed by atoms with E-state index in [2.05, 4.69) is 9.68 Å². The first-order chi connectivity index (χ1) is 9.29. The van der Waals surface area contributed by atoms with Crippen molar-refractivity contribution in [2.45, 2.75) is 13.8 Å². The van der Waals surface area contributed by atoms with Gasteiger partial charge < -0.3 is 10.2 Å². The maximum absolute atomic E-state index is 12.0. The molecule has 8 heteroatoms. The van der Waals surface area contributed by atoms with Crippen molar-refractivity contribution in [3.05, 3.63) is 34.9 Å². The van der Waals surface area contributed by atoms with Crippen molar-refractivity contribution >= 4 is 18.1 Å². The Kier molecular flexibility index (Phi) is 5.04. The molecule has 2 N–H and O–H groups in total. The van der Waals surface area contributed by atoms with Gasteiger partial charge in [-0.25, -0.2) is 9.59 Å². The third-order valence-corrected chi connectivity index (χ3v) is 2.33. The largest absolute Gasteiger partial charge is 0.528 e. The van der Waals surface area contributed by atoms with Crippen molar-refractivity contribution in [2.75, 3.05) is 6.54 Å². The van der Waals surface area contributed by atoms with E-state index in [4.69, 9.17) is 10.2 Å². The van der Waals surface area contributed by atoms with Crippen molar-refractivity contribution in [3.8, 4) is 0 Å². The number of ketones is 1. The van der Waals surface area contributed by atoms with Gasteiger partial charge in [-0.1, -0.05) is 17.7 Å². The van der Waals surface area contributed by atoms with E-state index in [1.54, 1.807) is 26.0 Å². The van der Waals surface area contributed by atoms with Gasteiger partial charge in [-0.15, -0.1) is 0 Å². The molecule has 1 aromatic rings. The van der Waals surface area contributed by atoms with E-state index in [0.29, 0.717) is 11.1 Å². The van der Waals surface area contributed by atoms with Crippen LogP contribution in [0.25, 0.3) is 0 Å². The minimum atomic E-state index is -1.79. The van der Waals surface area contributed by atoms with E-state index in [1.807, 2.05) is 6.07 Å². The van der Waals surface area contributed by atoms with Crippen molar-refractivity contribution in [2.24, 2.45) is 0 Å². The average molecular weight is 283 g/mol. The number of benzene rings is 1. The van der Waals surface area contributed by atoms with Crippen LogP contribution in [0.4, 0.5) is 9.59 Å². The summed E-state index contributed by atoms with van der Waals surface area (Å²) >= 11 is 0. The van der Waals surface area contributed by atoms with E-state index < -0.39 is 24.6 Å². The highest BCUT2D eigenvalue weighted by atomic mass is 17.0. The zero-order valence-electron chi connectivity index (χ0n) is 10.8. The Labute approximate surface area is 114 Å². The predicted octanol–water partition coefficient (Wildman–Crippen LogP) is 2.01. The second kappa shape index (κ2) is 6.53. The van der Waals surface area contributed by atoms with Gasteiger partial charge in [0.05, 0.1) is 0 Å². The third-order valence-electron chi connectivity index (χ3n) is 2.33. The van der Waals surface area contributed by atoms with Gasteiger partial charge >= 0.3 is 12.3 Å². The minimum absolute atomic E-state index is 0.0920. The second-order valence-corrected chi connectivity index (χ2v) is 3.95. The van der Waals surface area contributed by atoms with Crippen molar-refractivity contribution in [3.63, 3.8) is 0 Å². The Morgan fingerprint density at radius 3 is 2.15 bits per heavy atom. The number of carbonyl (C=O) groups is 3. The lowest BCUT2D eigenvalue weighted by atomic mass is 10.0. The van der Waals surface area contributed by atoms with Gasteiger partial charge in [0.1, 0.15) is 6.54 Å². The lowest BCUT2D eigenvalue weighted by molar-refractivity contribution is -0.302. The van der Waals surface area contributed by atoms with Crippen LogP contribution in [0.5, 0.6) is 0 Å². The van der Waals surface area contributed by atoms with Gasteiger partial charge in [0.25, 0.3) is 0 Å². The highest BCUT2D eigenvalue weighted by Gasteiger charge is 2.21. The lowest BCUT2D eigenvalue weighted by Gasteiger charge is -2.15. The van der Waals surface area contributed by atoms with Crippen LogP contribution in [0, 0.1) is 13.8 Å². The Balaban J connectivity index is 2.86. The smallest absolute Gasteiger partial charge is 0.448 e. The zero-order chi connectivity index (χ0) is 15.3. The van der Waals surface area contributed by atoms with Crippen LogP contribution >= 0.6 is 0 Å². The molecular formula is C12H13NO7. The number of carboxylic acid groups (broad SMARTS) is 2. The molecule has 1 aromatic carbocycles. The maximum Gasteiger partial charge on any atom is 0.528 e. The molecule has 0 aliphatic carbocycles. The molecule has 0 aromatic heterocycles. The fraction of sp³-hybridized carbons (Fsp3) is 0.250. The van der Waals surface area contributed by atoms with Crippen molar-refractivity contribution < 1.29 is 34.3 Å². The number of hydrogen-bond donors (Lipinski definition) is 2. The molecule has 0 amide bonds. The number of nitrogens with zero attached hydrogens (tertiary/aromatic N) is 1. The molecule has 0 aliphatic rings. The van der Waals surface area contributed by atoms with E-state index in [1.165, 1.54) is 0 Å². The highest BCUT2D eigenvalue weighted by molar-refractivity contribution is 5.99. The fourth-order valence-electron chi connectivity index (χ4n) is 1.50. The summed E-state index contributed by atoms with van der Waals surface area (Å²) in [6.45, 7) is 2.81. The summed E-state index contributed by atoms with van der Waals surface area (Å²) in [6, 6.07) is 5.14. The molecule has 0 heterocycles. The molecule has 0 bridgehead atoms. The quantitative estimate of drug-likeness (QED) is 0.623. The van der Waals surface area contributed by atoms with Crippen molar-refractivity contribution in [1.82, 2.24) is 5.23 Å². The third kappa shape index (κ3) is 4.58. The molecule has 8 nitrogen and oxygen atoms in total. The summed E-state index contributed by atoms with van der Waals surface area (Å²) in [5.41, 5.74) is 1.84. The second-order valence-electron chi connectivity index (χ2n) is 3.95. The van der Waals surface area contributed by atoms with Crippen LogP contribution in [-0.2, 0) is 9.68 Å². The molecule has 0 saturated carbocycles. The average Bonchev–Trinajstić information content (AvgIpc) is 2.30. The summed E-state index contributed by atoms with van der Waals surface area (Å²) in [6.07, 6.45) is -3.58. The molecule has 1 rings (SSSR count). The number of carbonyl (C=O) groups excluding carboxylic acids is 1. The first kappa shape index (κ1) is 15.4. The molecule has 20 heavy (non-hydrogen) atoms. The number of hydroxylamine groups is 2. The maximum atomic E-state index is 12.0. The molecule has 0 fully saturated rings. The topological polar surface area (TPSA) is 113 Å². The van der Waals surface area contributed by atoms with E-state index in [9.17, 15) is 14.4 Å². The molecule has 0 radical (unpaired) electrons. The molecule has 0 aliphatic heterocycles. The highest BCUT2D eigenvalue weighted by Crippen LogP contribution is 2.12. The molecule has 108 valence electrons. The monoisotopic (exact) mass is 283 g/mol. The van der Waals surface area contributed by atoms with Crippen LogP contribution in [-0.4, -0.2) is 40.1 Å². The van der Waals surface area contributed by atoms with Crippen molar-refractivity contribution in [1.29, 1.82) is 0 Å². The number of rotatable bonds is 5. The number of Topliss-reactive ketones (excluding diaryl/α,β-unsaturated/α-hetero) is 1. The van der Waals surface area contributed by atoms with Crippen LogP contribution in [0.1, 0.15) is 21.5 Å². The molecule has 0 saturated heterocycles. The van der Waals surface area contributed by atoms with Gasteiger partial charge in [0, 0.05) is 10.8 Å². The van der Waals surface area contributed by atoms with Crippen LogP contribution in [0.2, 0.25) is 0 Å². The standard InChI is InChI=1S/C12H13NO7/c1-7-3-4-8(2)9(5-7)10(14)6-13(19-11(15)16)20-12(17)18/h3-5H,6H2,1-2H3,(H,15,16)(H,17,18). The molecule has 0 spiro atoms. The van der Waals surface area contributed by atoms with E-state index in [-0.39, 0.29) is 5.23 Å². The summed E-state index contributed by atoms with van der Waals surface area (Å²) in [5.74, 6) is -0.534. The Hall–Kier alpha value is -2.61. The Morgan fingerprint density at radius 2 is 1.65 bits per heavy atom. The Bertz CT molecular complexity index is 525. The normalized spacial score (nSPS) is 10.2. The van der Waals surface area contributed by atoms with Crippen LogP contribution < -0.4 is 0 Å². The molecular weight excluding hydrogens is 270 g/mol. The summed E-state index contributed by atoms with van der Waals surface area (Å²) < 4.78 is 0. The molecule has 0 unspecified atom stereocenters. The van der Waals surface area contributed by atoms with Gasteiger partial charge in [0.2, 0.25) is 0 Å². The predicted molar refractivity (Wildman–Crippen MR) is 65.2 cm³/mol. The first-order valence-electron chi connectivity index (χ1n) is 5.49. The first-order valence-corrected chi connectivity index (χ1v) is 5.49. The lowest BCUT2D eigenvalue weighted by Crippen LogP contribution is -2.34. The SMILES string of the molecule is Cc1ccc(C)c(C(=O)CN(OC(=O)O)OC(=O)O)c1. The van der Waals surface area contributed by atoms with Gasteiger partial charge in [-0.2, -0.15) is 0 Å². The zero-order valence-corrected chi connectivity index (χ0v) is 10.8. The van der Waals surface area contributed by atoms with E-state index in [0.717, 1.165) is 5.56 Å². The summed E-state index contributed by atoms with van der Waals surface area (Å²) in [7, 11) is 0. The molecule has 0 atom stereocenters. The van der Waals surface area contributed by atoms with Crippen LogP contribution in [0.3, 0.4) is 0 Å². The fourth-order valence-corrected chi connectivity index (χ4v) is 1.50. The van der Waals surface area contributed by atoms with Gasteiger partial charge in [-0.3, -0.25) is 14.5 Å². The minimum Gasteiger partial charge on any atom is -0.448 e.